The predicted octanol–water partition coefficient (Wildman–Crippen LogP) is 2.18. The molecule has 0 unspecified atom stereocenters. The zero-order valence-electron chi connectivity index (χ0n) is 12.8. The van der Waals surface area contributed by atoms with E-state index in [-0.39, 0.29) is 11.8 Å². The van der Waals surface area contributed by atoms with Crippen molar-refractivity contribution < 1.29 is 14.7 Å². The summed E-state index contributed by atoms with van der Waals surface area (Å²) >= 11 is 0. The molecule has 0 aliphatic heterocycles. The highest BCUT2D eigenvalue weighted by Crippen LogP contribution is 2.26. The van der Waals surface area contributed by atoms with Crippen molar-refractivity contribution >= 4 is 17.7 Å². The molecule has 1 aromatic heterocycles. The number of hydrogen-bond donors (Lipinski definition) is 3. The molecule has 0 bridgehead atoms. The van der Waals surface area contributed by atoms with Crippen molar-refractivity contribution in [3.05, 3.63) is 23.4 Å². The number of carboxylic acids is 1. The quantitative estimate of drug-likeness (QED) is 0.681. The van der Waals surface area contributed by atoms with Gasteiger partial charge < -0.3 is 16.2 Å². The van der Waals surface area contributed by atoms with E-state index in [1.54, 1.807) is 12.1 Å². The van der Waals surface area contributed by atoms with Gasteiger partial charge in [-0.25, -0.2) is 4.98 Å². The van der Waals surface area contributed by atoms with Crippen LogP contribution in [0.3, 0.4) is 0 Å². The first kappa shape index (κ1) is 16.9. The molecule has 0 aliphatic carbocycles. The largest absolute Gasteiger partial charge is 0.481 e. The number of carbonyl (C=O) groups is 2. The molecule has 1 amide bonds. The summed E-state index contributed by atoms with van der Waals surface area (Å²) in [7, 11) is 0. The number of nitrogens with zero attached hydrogens (tertiary/aromatic N) is 1. The number of primary amides is 1. The lowest BCUT2D eigenvalue weighted by Crippen LogP contribution is -2.21. The van der Waals surface area contributed by atoms with Crippen LogP contribution in [0, 0.1) is 12.3 Å². The average molecular weight is 293 g/mol. The number of carboxylic acid groups (broad SMARTS) is 1. The van der Waals surface area contributed by atoms with Crippen molar-refractivity contribution in [1.29, 1.82) is 0 Å². The minimum Gasteiger partial charge on any atom is -0.481 e. The van der Waals surface area contributed by atoms with Crippen molar-refractivity contribution in [2.75, 3.05) is 11.9 Å². The van der Waals surface area contributed by atoms with Crippen LogP contribution in [0.25, 0.3) is 0 Å². The van der Waals surface area contributed by atoms with Crippen LogP contribution < -0.4 is 11.1 Å². The normalized spacial score (nSPS) is 11.2. The highest BCUT2D eigenvalue weighted by atomic mass is 16.4. The molecule has 0 radical (unpaired) electrons. The SMILES string of the molecule is Cc1ccc(C(N)=O)c(NCCC(C)(C)CCC(=O)O)n1. The summed E-state index contributed by atoms with van der Waals surface area (Å²) in [6.07, 6.45) is 1.53. The molecule has 0 saturated heterocycles. The lowest BCUT2D eigenvalue weighted by atomic mass is 9.84. The van der Waals surface area contributed by atoms with Crippen LogP contribution in [0.1, 0.15) is 49.2 Å². The summed E-state index contributed by atoms with van der Waals surface area (Å²) in [5, 5.41) is 11.9. The Hall–Kier alpha value is -2.11. The topological polar surface area (TPSA) is 105 Å². The Morgan fingerprint density at radius 1 is 1.33 bits per heavy atom. The van der Waals surface area contributed by atoms with Crippen LogP contribution in [-0.4, -0.2) is 28.5 Å². The average Bonchev–Trinajstić information content (AvgIpc) is 2.36. The van der Waals surface area contributed by atoms with E-state index in [1.165, 1.54) is 0 Å². The minimum absolute atomic E-state index is 0.0951. The molecular weight excluding hydrogens is 270 g/mol. The second-order valence-corrected chi connectivity index (χ2v) is 5.95. The standard InChI is InChI=1S/C15H23N3O3/c1-10-4-5-11(13(16)21)14(18-10)17-9-8-15(2,3)7-6-12(19)20/h4-5H,6-9H2,1-3H3,(H2,16,21)(H,17,18)(H,19,20). The number of amides is 1. The Labute approximate surface area is 124 Å². The summed E-state index contributed by atoms with van der Waals surface area (Å²) < 4.78 is 0. The maximum atomic E-state index is 11.3. The maximum absolute atomic E-state index is 11.3. The fraction of sp³-hybridized carbons (Fsp3) is 0.533. The fourth-order valence-corrected chi connectivity index (χ4v) is 1.98. The van der Waals surface area contributed by atoms with Crippen LogP contribution >= 0.6 is 0 Å². The third-order valence-electron chi connectivity index (χ3n) is 3.41. The molecule has 1 aromatic rings. The van der Waals surface area contributed by atoms with Crippen LogP contribution in [-0.2, 0) is 4.79 Å². The third-order valence-corrected chi connectivity index (χ3v) is 3.41. The molecule has 6 nitrogen and oxygen atoms in total. The minimum atomic E-state index is -0.785. The monoisotopic (exact) mass is 293 g/mol. The molecular formula is C15H23N3O3. The molecule has 0 aromatic carbocycles. The van der Waals surface area contributed by atoms with E-state index < -0.39 is 11.9 Å². The Balaban J connectivity index is 2.61. The van der Waals surface area contributed by atoms with E-state index in [9.17, 15) is 9.59 Å². The van der Waals surface area contributed by atoms with Gasteiger partial charge in [-0.05, 0) is 37.3 Å². The molecule has 0 saturated carbocycles. The highest BCUT2D eigenvalue weighted by molar-refractivity contribution is 5.97. The molecule has 0 spiro atoms. The Morgan fingerprint density at radius 3 is 2.57 bits per heavy atom. The molecule has 116 valence electrons. The first-order chi connectivity index (χ1) is 9.71. The second kappa shape index (κ2) is 7.06. The van der Waals surface area contributed by atoms with Crippen molar-refractivity contribution in [2.24, 2.45) is 11.1 Å². The number of aromatic nitrogens is 1. The molecule has 1 heterocycles. The van der Waals surface area contributed by atoms with Crippen molar-refractivity contribution in [3.8, 4) is 0 Å². The summed E-state index contributed by atoms with van der Waals surface area (Å²) in [4.78, 5) is 26.3. The van der Waals surface area contributed by atoms with E-state index in [4.69, 9.17) is 10.8 Å². The van der Waals surface area contributed by atoms with Crippen LogP contribution in [0.5, 0.6) is 0 Å². The molecule has 0 fully saturated rings. The lowest BCUT2D eigenvalue weighted by Gasteiger charge is -2.24. The zero-order valence-corrected chi connectivity index (χ0v) is 12.8. The zero-order chi connectivity index (χ0) is 16.0. The van der Waals surface area contributed by atoms with E-state index in [0.29, 0.717) is 24.3 Å². The lowest BCUT2D eigenvalue weighted by molar-refractivity contribution is -0.137. The molecule has 0 atom stereocenters. The fourth-order valence-electron chi connectivity index (χ4n) is 1.98. The summed E-state index contributed by atoms with van der Waals surface area (Å²) in [5.74, 6) is -0.820. The number of pyridine rings is 1. The number of rotatable bonds is 8. The number of aryl methyl sites for hydroxylation is 1. The van der Waals surface area contributed by atoms with Gasteiger partial charge >= 0.3 is 5.97 Å². The van der Waals surface area contributed by atoms with Gasteiger partial charge in [0.1, 0.15) is 5.82 Å². The Bertz CT molecular complexity index is 527. The molecule has 6 heteroatoms. The van der Waals surface area contributed by atoms with E-state index in [1.807, 2.05) is 20.8 Å². The van der Waals surface area contributed by atoms with Gasteiger partial charge in [-0.1, -0.05) is 13.8 Å². The van der Waals surface area contributed by atoms with Gasteiger partial charge in [-0.3, -0.25) is 9.59 Å². The summed E-state index contributed by atoms with van der Waals surface area (Å²) in [6, 6.07) is 3.39. The maximum Gasteiger partial charge on any atom is 0.303 e. The first-order valence-corrected chi connectivity index (χ1v) is 6.94. The van der Waals surface area contributed by atoms with Gasteiger partial charge in [-0.15, -0.1) is 0 Å². The van der Waals surface area contributed by atoms with E-state index in [2.05, 4.69) is 10.3 Å². The number of anilines is 1. The van der Waals surface area contributed by atoms with E-state index in [0.717, 1.165) is 12.1 Å². The van der Waals surface area contributed by atoms with Crippen LogP contribution in [0.2, 0.25) is 0 Å². The van der Waals surface area contributed by atoms with Gasteiger partial charge in [0.25, 0.3) is 5.91 Å². The Kier molecular flexibility index (Phi) is 5.69. The number of carbonyl (C=O) groups excluding carboxylic acids is 1. The number of nitrogens with one attached hydrogen (secondary N) is 1. The predicted molar refractivity (Wildman–Crippen MR) is 81.2 cm³/mol. The first-order valence-electron chi connectivity index (χ1n) is 6.94. The van der Waals surface area contributed by atoms with Gasteiger partial charge in [0.15, 0.2) is 0 Å². The molecule has 1 rings (SSSR count). The molecule has 0 aliphatic rings. The second-order valence-electron chi connectivity index (χ2n) is 5.95. The number of hydrogen-bond acceptors (Lipinski definition) is 4. The van der Waals surface area contributed by atoms with Crippen molar-refractivity contribution in [2.45, 2.75) is 40.0 Å². The van der Waals surface area contributed by atoms with Crippen LogP contribution in [0.15, 0.2) is 12.1 Å². The molecule has 21 heavy (non-hydrogen) atoms. The van der Waals surface area contributed by atoms with E-state index >= 15 is 0 Å². The number of aliphatic carboxylic acids is 1. The van der Waals surface area contributed by atoms with Gasteiger partial charge in [0, 0.05) is 18.7 Å². The van der Waals surface area contributed by atoms with Gasteiger partial charge in [0.2, 0.25) is 0 Å². The molecule has 4 N–H and O–H groups in total. The smallest absolute Gasteiger partial charge is 0.303 e. The van der Waals surface area contributed by atoms with Gasteiger partial charge in [0.05, 0.1) is 5.56 Å². The summed E-state index contributed by atoms with van der Waals surface area (Å²) in [6.45, 7) is 6.49. The van der Waals surface area contributed by atoms with Crippen LogP contribution in [0.4, 0.5) is 5.82 Å². The van der Waals surface area contributed by atoms with Crippen molar-refractivity contribution in [1.82, 2.24) is 4.98 Å². The highest BCUT2D eigenvalue weighted by Gasteiger charge is 2.19. The third kappa shape index (κ3) is 5.81. The van der Waals surface area contributed by atoms with Crippen molar-refractivity contribution in [3.63, 3.8) is 0 Å². The summed E-state index contributed by atoms with van der Waals surface area (Å²) in [5.41, 5.74) is 6.39. The van der Waals surface area contributed by atoms with Gasteiger partial charge in [-0.2, -0.15) is 0 Å². The Morgan fingerprint density at radius 2 is 2.00 bits per heavy atom. The number of nitrogens with two attached hydrogens (primary N) is 1.